The van der Waals surface area contributed by atoms with Gasteiger partial charge in [0.05, 0.1) is 12.1 Å². The first-order valence-electron chi connectivity index (χ1n) is 5.43. The molecule has 0 spiro atoms. The van der Waals surface area contributed by atoms with Crippen LogP contribution in [0.1, 0.15) is 26.2 Å². The van der Waals surface area contributed by atoms with Crippen LogP contribution in [0.25, 0.3) is 0 Å². The molecule has 1 heterocycles. The van der Waals surface area contributed by atoms with Crippen LogP contribution in [0.3, 0.4) is 0 Å². The third-order valence-corrected chi connectivity index (χ3v) is 2.79. The maximum Gasteiger partial charge on any atom is 0.318 e. The number of primary amides is 1. The summed E-state index contributed by atoms with van der Waals surface area (Å²) in [4.78, 5) is 23.6. The van der Waals surface area contributed by atoms with Crippen LogP contribution in [0.2, 0.25) is 0 Å². The number of urea groups is 1. The number of nitrogens with two attached hydrogens (primary N) is 1. The Labute approximate surface area is 94.8 Å². The van der Waals surface area contributed by atoms with Crippen LogP contribution in [-0.4, -0.2) is 47.2 Å². The zero-order valence-corrected chi connectivity index (χ0v) is 9.53. The lowest BCUT2D eigenvalue weighted by Gasteiger charge is -2.21. The van der Waals surface area contributed by atoms with Crippen molar-refractivity contribution in [3.8, 4) is 0 Å². The molecular weight excluding hydrogens is 210 g/mol. The molecule has 0 aromatic heterocycles. The van der Waals surface area contributed by atoms with Crippen molar-refractivity contribution in [1.82, 2.24) is 10.2 Å². The molecule has 0 aromatic carbocycles. The highest BCUT2D eigenvalue weighted by molar-refractivity contribution is 5.94. The molecule has 6 nitrogen and oxygen atoms in total. The number of rotatable bonds is 2. The van der Waals surface area contributed by atoms with Crippen LogP contribution in [0, 0.1) is 0 Å². The van der Waals surface area contributed by atoms with E-state index in [-0.39, 0.29) is 6.54 Å². The lowest BCUT2D eigenvalue weighted by molar-refractivity contribution is -0.121. The maximum atomic E-state index is 11.3. The van der Waals surface area contributed by atoms with Gasteiger partial charge < -0.3 is 10.8 Å². The first kappa shape index (κ1) is 12.9. The van der Waals surface area contributed by atoms with Gasteiger partial charge in [-0.15, -0.1) is 0 Å². The highest BCUT2D eigenvalue weighted by Gasteiger charge is 2.25. The van der Waals surface area contributed by atoms with Crippen LogP contribution in [0.5, 0.6) is 0 Å². The third kappa shape index (κ3) is 4.59. The van der Waals surface area contributed by atoms with Gasteiger partial charge in [0.2, 0.25) is 5.91 Å². The van der Waals surface area contributed by atoms with Crippen molar-refractivity contribution in [2.75, 3.05) is 19.6 Å². The van der Waals surface area contributed by atoms with E-state index in [0.717, 1.165) is 19.4 Å². The Bertz CT molecular complexity index is 278. The number of aliphatic hydroxyl groups is 1. The van der Waals surface area contributed by atoms with Gasteiger partial charge in [0.15, 0.2) is 0 Å². The van der Waals surface area contributed by atoms with Crippen LogP contribution >= 0.6 is 0 Å². The predicted octanol–water partition coefficient (Wildman–Crippen LogP) is -0.582. The SMILES string of the molecule is CC1(O)CCCN(CC(=O)NC(N)=O)CC1. The lowest BCUT2D eigenvalue weighted by atomic mass is 9.98. The molecule has 0 aromatic rings. The van der Waals surface area contributed by atoms with E-state index >= 15 is 0 Å². The monoisotopic (exact) mass is 229 g/mol. The lowest BCUT2D eigenvalue weighted by Crippen LogP contribution is -2.42. The molecule has 0 bridgehead atoms. The third-order valence-electron chi connectivity index (χ3n) is 2.79. The van der Waals surface area contributed by atoms with Crippen molar-refractivity contribution in [1.29, 1.82) is 0 Å². The Hall–Kier alpha value is -1.14. The van der Waals surface area contributed by atoms with Crippen molar-refractivity contribution in [2.45, 2.75) is 31.8 Å². The van der Waals surface area contributed by atoms with E-state index < -0.39 is 17.5 Å². The van der Waals surface area contributed by atoms with Gasteiger partial charge in [-0.05, 0) is 32.7 Å². The summed E-state index contributed by atoms with van der Waals surface area (Å²) in [6.45, 7) is 3.36. The summed E-state index contributed by atoms with van der Waals surface area (Å²) in [5.74, 6) is -0.394. The van der Waals surface area contributed by atoms with E-state index in [4.69, 9.17) is 5.73 Å². The largest absolute Gasteiger partial charge is 0.390 e. The normalized spacial score (nSPS) is 27.1. The van der Waals surface area contributed by atoms with Crippen LogP contribution in [0.15, 0.2) is 0 Å². The van der Waals surface area contributed by atoms with E-state index in [1.54, 1.807) is 6.92 Å². The van der Waals surface area contributed by atoms with Crippen molar-refractivity contribution in [2.24, 2.45) is 5.73 Å². The summed E-state index contributed by atoms with van der Waals surface area (Å²) in [7, 11) is 0. The molecule has 16 heavy (non-hydrogen) atoms. The Balaban J connectivity index is 2.38. The van der Waals surface area contributed by atoms with E-state index in [0.29, 0.717) is 13.0 Å². The summed E-state index contributed by atoms with van der Waals surface area (Å²) in [6.07, 6.45) is 2.22. The first-order chi connectivity index (χ1) is 7.39. The summed E-state index contributed by atoms with van der Waals surface area (Å²) >= 11 is 0. The van der Waals surface area contributed by atoms with Crippen molar-refractivity contribution in [3.05, 3.63) is 0 Å². The van der Waals surface area contributed by atoms with E-state index in [1.165, 1.54) is 0 Å². The molecule has 0 radical (unpaired) electrons. The molecule has 1 atom stereocenters. The number of amides is 3. The summed E-state index contributed by atoms with van der Waals surface area (Å²) in [5.41, 5.74) is 4.20. The molecule has 1 unspecified atom stereocenters. The average molecular weight is 229 g/mol. The molecule has 1 aliphatic rings. The Kier molecular flexibility index (Phi) is 4.26. The van der Waals surface area contributed by atoms with Crippen molar-refractivity contribution >= 4 is 11.9 Å². The second-order valence-corrected chi connectivity index (χ2v) is 4.54. The topological polar surface area (TPSA) is 95.7 Å². The molecule has 1 saturated heterocycles. The fraction of sp³-hybridized carbons (Fsp3) is 0.800. The van der Waals surface area contributed by atoms with Gasteiger partial charge >= 0.3 is 6.03 Å². The Morgan fingerprint density at radius 2 is 2.12 bits per heavy atom. The predicted molar refractivity (Wildman–Crippen MR) is 58.6 cm³/mol. The smallest absolute Gasteiger partial charge is 0.318 e. The van der Waals surface area contributed by atoms with Gasteiger partial charge in [0, 0.05) is 6.54 Å². The molecule has 0 saturated carbocycles. The number of imide groups is 1. The molecule has 1 rings (SSSR count). The second-order valence-electron chi connectivity index (χ2n) is 4.54. The summed E-state index contributed by atoms with van der Waals surface area (Å²) in [5, 5.41) is 11.9. The summed E-state index contributed by atoms with van der Waals surface area (Å²) in [6, 6.07) is -0.827. The molecule has 4 N–H and O–H groups in total. The van der Waals surface area contributed by atoms with E-state index in [9.17, 15) is 14.7 Å². The van der Waals surface area contributed by atoms with Gasteiger partial charge in [-0.1, -0.05) is 0 Å². The number of hydrogen-bond acceptors (Lipinski definition) is 4. The van der Waals surface area contributed by atoms with Gasteiger partial charge in [-0.2, -0.15) is 0 Å². The molecule has 3 amide bonds. The average Bonchev–Trinajstić information content (AvgIpc) is 2.26. The minimum absolute atomic E-state index is 0.152. The number of carbonyl (C=O) groups excluding carboxylic acids is 2. The fourth-order valence-corrected chi connectivity index (χ4v) is 1.86. The van der Waals surface area contributed by atoms with Crippen molar-refractivity contribution < 1.29 is 14.7 Å². The van der Waals surface area contributed by atoms with Gasteiger partial charge in [-0.3, -0.25) is 15.0 Å². The minimum Gasteiger partial charge on any atom is -0.390 e. The van der Waals surface area contributed by atoms with Gasteiger partial charge in [0.1, 0.15) is 0 Å². The number of carbonyl (C=O) groups is 2. The zero-order chi connectivity index (χ0) is 12.2. The standard InChI is InChI=1S/C10H19N3O3/c1-10(16)3-2-5-13(6-4-10)7-8(14)12-9(11)15/h16H,2-7H2,1H3,(H3,11,12,14,15). The number of nitrogens with zero attached hydrogens (tertiary/aromatic N) is 1. The first-order valence-corrected chi connectivity index (χ1v) is 5.43. The van der Waals surface area contributed by atoms with Crippen LogP contribution in [0.4, 0.5) is 4.79 Å². The molecule has 1 aliphatic heterocycles. The highest BCUT2D eigenvalue weighted by atomic mass is 16.3. The number of nitrogens with one attached hydrogen (secondary N) is 1. The highest BCUT2D eigenvalue weighted by Crippen LogP contribution is 2.20. The van der Waals surface area contributed by atoms with Gasteiger partial charge in [0.25, 0.3) is 0 Å². The Morgan fingerprint density at radius 1 is 1.44 bits per heavy atom. The zero-order valence-electron chi connectivity index (χ0n) is 9.53. The maximum absolute atomic E-state index is 11.3. The quantitative estimate of drug-likeness (QED) is 0.590. The fourth-order valence-electron chi connectivity index (χ4n) is 1.86. The van der Waals surface area contributed by atoms with Crippen LogP contribution < -0.4 is 11.1 Å². The number of hydrogen-bond donors (Lipinski definition) is 3. The molecular formula is C10H19N3O3. The molecule has 1 fully saturated rings. The second kappa shape index (κ2) is 5.27. The number of likely N-dealkylation sites (tertiary alicyclic amines) is 1. The molecule has 6 heteroatoms. The summed E-state index contributed by atoms with van der Waals surface area (Å²) < 4.78 is 0. The van der Waals surface area contributed by atoms with E-state index in [2.05, 4.69) is 0 Å². The Morgan fingerprint density at radius 3 is 2.75 bits per heavy atom. The minimum atomic E-state index is -0.827. The van der Waals surface area contributed by atoms with Crippen molar-refractivity contribution in [3.63, 3.8) is 0 Å². The molecule has 92 valence electrons. The molecule has 0 aliphatic carbocycles. The van der Waals surface area contributed by atoms with E-state index in [1.807, 2.05) is 10.2 Å². The van der Waals surface area contributed by atoms with Gasteiger partial charge in [-0.25, -0.2) is 4.79 Å². The van der Waals surface area contributed by atoms with Crippen LogP contribution in [-0.2, 0) is 4.79 Å².